The molecule has 6 N–H and O–H groups in total. The molecule has 11 heteroatoms. The zero-order chi connectivity index (χ0) is 23.7. The van der Waals surface area contributed by atoms with Gasteiger partial charge in [-0.25, -0.2) is 10.8 Å². The molecule has 170 valence electrons. The predicted molar refractivity (Wildman–Crippen MR) is 125 cm³/mol. The van der Waals surface area contributed by atoms with Gasteiger partial charge in [0.05, 0.1) is 28.0 Å². The molecule has 0 radical (unpaired) electrons. The topological polar surface area (TPSA) is 146 Å². The molecule has 0 aliphatic rings. The number of aryl methyl sites for hydroxylation is 2. The van der Waals surface area contributed by atoms with Crippen molar-refractivity contribution in [2.45, 2.75) is 26.2 Å². The summed E-state index contributed by atoms with van der Waals surface area (Å²) in [5, 5.41) is 14.6. The minimum Gasteiger partial charge on any atom is -0.481 e. The van der Waals surface area contributed by atoms with Gasteiger partial charge in [0.2, 0.25) is 5.91 Å². The van der Waals surface area contributed by atoms with Gasteiger partial charge in [0, 0.05) is 12.0 Å². The van der Waals surface area contributed by atoms with Crippen molar-refractivity contribution in [3.63, 3.8) is 0 Å². The highest BCUT2D eigenvalue weighted by Crippen LogP contribution is 2.37. The second-order valence-electron chi connectivity index (χ2n) is 6.65. The van der Waals surface area contributed by atoms with Gasteiger partial charge in [-0.2, -0.15) is 0 Å². The van der Waals surface area contributed by atoms with Gasteiger partial charge in [0.1, 0.15) is 6.34 Å². The zero-order valence-electron chi connectivity index (χ0n) is 17.2. The van der Waals surface area contributed by atoms with Crippen LogP contribution in [0.3, 0.4) is 0 Å². The van der Waals surface area contributed by atoms with Crippen LogP contribution in [-0.4, -0.2) is 35.8 Å². The molecule has 0 atom stereocenters. The summed E-state index contributed by atoms with van der Waals surface area (Å²) in [5.74, 6) is 3.13. The fraction of sp³-hybridized carbons (Fsp3) is 0.238. The molecule has 32 heavy (non-hydrogen) atoms. The van der Waals surface area contributed by atoms with E-state index in [1.165, 1.54) is 12.4 Å². The number of benzene rings is 2. The van der Waals surface area contributed by atoms with E-state index in [4.69, 9.17) is 34.2 Å². The van der Waals surface area contributed by atoms with Crippen LogP contribution in [0.25, 0.3) is 0 Å². The second-order valence-corrected chi connectivity index (χ2v) is 7.41. The molecule has 0 spiro atoms. The Balaban J connectivity index is 2.12. The maximum absolute atomic E-state index is 12.5. The van der Waals surface area contributed by atoms with Crippen molar-refractivity contribution in [1.82, 2.24) is 10.7 Å². The molecule has 2 aromatic rings. The summed E-state index contributed by atoms with van der Waals surface area (Å²) in [7, 11) is 0. The third-order valence-corrected chi connectivity index (χ3v) is 5.33. The summed E-state index contributed by atoms with van der Waals surface area (Å²) >= 11 is 12.6. The quantitative estimate of drug-likeness (QED) is 0.153. The second kappa shape index (κ2) is 12.0. The number of aliphatic carboxylic acids is 1. The predicted octanol–water partition coefficient (Wildman–Crippen LogP) is 3.06. The van der Waals surface area contributed by atoms with E-state index in [0.29, 0.717) is 23.2 Å². The maximum atomic E-state index is 12.5. The minimum atomic E-state index is -0.979. The molecule has 0 fully saturated rings. The third-order valence-electron chi connectivity index (χ3n) is 4.42. The van der Waals surface area contributed by atoms with Crippen molar-refractivity contribution in [3.8, 4) is 0 Å². The van der Waals surface area contributed by atoms with E-state index in [9.17, 15) is 14.4 Å². The number of halogens is 2. The molecule has 9 nitrogen and oxygen atoms in total. The molecule has 0 saturated carbocycles. The van der Waals surface area contributed by atoms with Gasteiger partial charge >= 0.3 is 5.97 Å². The molecule has 0 aliphatic carbocycles. The molecule has 0 heterocycles. The Bertz CT molecular complexity index is 1040. The Labute approximate surface area is 195 Å². The Hall–Kier alpha value is -3.14. The van der Waals surface area contributed by atoms with Crippen LogP contribution >= 0.6 is 23.2 Å². The molecule has 2 amide bonds. The molecule has 0 unspecified atom stereocenters. The lowest BCUT2D eigenvalue weighted by Crippen LogP contribution is -2.33. The fourth-order valence-corrected chi connectivity index (χ4v) is 3.43. The lowest BCUT2D eigenvalue weighted by Gasteiger charge is -2.16. The first-order chi connectivity index (χ1) is 15.3. The molecule has 0 bridgehead atoms. The molecule has 0 saturated heterocycles. The highest BCUT2D eigenvalue weighted by atomic mass is 35.5. The molecule has 2 rings (SSSR count). The lowest BCUT2D eigenvalue weighted by molar-refractivity contribution is -0.137. The van der Waals surface area contributed by atoms with Crippen molar-refractivity contribution in [1.29, 1.82) is 0 Å². The summed E-state index contributed by atoms with van der Waals surface area (Å²) in [5.41, 5.74) is 4.61. The zero-order valence-corrected chi connectivity index (χ0v) is 18.8. The van der Waals surface area contributed by atoms with Gasteiger partial charge in [-0.1, -0.05) is 42.3 Å². The van der Waals surface area contributed by atoms with Crippen molar-refractivity contribution >= 4 is 58.7 Å². The van der Waals surface area contributed by atoms with E-state index in [1.807, 2.05) is 6.92 Å². The van der Waals surface area contributed by atoms with Gasteiger partial charge < -0.3 is 21.2 Å². The first-order valence-electron chi connectivity index (χ1n) is 9.65. The number of nitrogens with zero attached hydrogens (tertiary/aromatic N) is 1. The highest BCUT2D eigenvalue weighted by molar-refractivity contribution is 6.44. The summed E-state index contributed by atoms with van der Waals surface area (Å²) < 4.78 is 0. The monoisotopic (exact) mass is 479 g/mol. The van der Waals surface area contributed by atoms with Gasteiger partial charge in [0.25, 0.3) is 5.91 Å². The molecule has 0 aromatic heterocycles. The van der Waals surface area contributed by atoms with Crippen LogP contribution in [0.1, 0.15) is 34.8 Å². The summed E-state index contributed by atoms with van der Waals surface area (Å²) in [6, 6.07) is 8.16. The largest absolute Gasteiger partial charge is 0.481 e. The van der Waals surface area contributed by atoms with Crippen LogP contribution in [-0.2, 0) is 22.4 Å². The van der Waals surface area contributed by atoms with E-state index < -0.39 is 17.8 Å². The number of amides is 2. The number of hydrogen-bond donors (Lipinski definition) is 5. The standard InChI is InChI=1S/C21H23Cl2N5O4/c1-2-12-8-13(6-7-17(30)31)20(19(23)18(12)22)28-16(29)10-25-21(32)14-4-3-5-15(9-14)26-11-27-24/h3-5,8-9,11H,2,6-7,10,24H2,1H3,(H,25,32)(H,26,27)(H,28,29)(H,30,31). The molecule has 2 aromatic carbocycles. The number of hydrogen-bond acceptors (Lipinski definition) is 5. The Morgan fingerprint density at radius 3 is 2.56 bits per heavy atom. The number of rotatable bonds is 10. The first kappa shape index (κ1) is 25.1. The van der Waals surface area contributed by atoms with Gasteiger partial charge in [-0.05, 0) is 42.2 Å². The van der Waals surface area contributed by atoms with Crippen LogP contribution in [0, 0.1) is 0 Å². The van der Waals surface area contributed by atoms with Crippen LogP contribution in [0.15, 0.2) is 35.3 Å². The number of carbonyl (C=O) groups is 3. The Morgan fingerprint density at radius 1 is 1.16 bits per heavy atom. The number of nitrogens with one attached hydrogen (secondary N) is 3. The summed E-state index contributed by atoms with van der Waals surface area (Å²) in [4.78, 5) is 39.9. The fourth-order valence-electron chi connectivity index (χ4n) is 2.85. The van der Waals surface area contributed by atoms with Crippen molar-refractivity contribution in [3.05, 3.63) is 57.1 Å². The van der Waals surface area contributed by atoms with E-state index in [0.717, 1.165) is 5.56 Å². The number of aliphatic imine (C=N–C) groups is 1. The van der Waals surface area contributed by atoms with Gasteiger partial charge in [0.15, 0.2) is 0 Å². The SMILES string of the molecule is CCc1cc(CCC(=O)O)c(NC(=O)CNC(=O)c2cccc(N=CNN)c2)c(Cl)c1Cl. The van der Waals surface area contributed by atoms with E-state index in [-0.39, 0.29) is 35.1 Å². The Morgan fingerprint density at radius 2 is 1.91 bits per heavy atom. The van der Waals surface area contributed by atoms with Crippen LogP contribution < -0.4 is 21.9 Å². The van der Waals surface area contributed by atoms with Crippen LogP contribution in [0.4, 0.5) is 11.4 Å². The number of nitrogens with two attached hydrogens (primary N) is 1. The first-order valence-corrected chi connectivity index (χ1v) is 10.4. The summed E-state index contributed by atoms with van der Waals surface area (Å²) in [6.07, 6.45) is 1.88. The van der Waals surface area contributed by atoms with Gasteiger partial charge in [-0.3, -0.25) is 14.4 Å². The molecular formula is C21H23Cl2N5O4. The van der Waals surface area contributed by atoms with E-state index in [2.05, 4.69) is 21.1 Å². The minimum absolute atomic E-state index is 0.130. The molecule has 0 aliphatic heterocycles. The van der Waals surface area contributed by atoms with E-state index >= 15 is 0 Å². The third kappa shape index (κ3) is 6.94. The van der Waals surface area contributed by atoms with Crippen molar-refractivity contribution in [2.75, 3.05) is 11.9 Å². The average Bonchev–Trinajstić information content (AvgIpc) is 2.78. The van der Waals surface area contributed by atoms with Crippen LogP contribution in [0.5, 0.6) is 0 Å². The summed E-state index contributed by atoms with van der Waals surface area (Å²) in [6.45, 7) is 1.55. The number of hydrazine groups is 1. The maximum Gasteiger partial charge on any atom is 0.303 e. The Kier molecular flexibility index (Phi) is 9.45. The number of carbonyl (C=O) groups excluding carboxylic acids is 2. The number of anilines is 1. The van der Waals surface area contributed by atoms with Crippen molar-refractivity contribution in [2.24, 2.45) is 10.8 Å². The normalized spacial score (nSPS) is 10.8. The van der Waals surface area contributed by atoms with Gasteiger partial charge in [-0.15, -0.1) is 0 Å². The van der Waals surface area contributed by atoms with Crippen molar-refractivity contribution < 1.29 is 19.5 Å². The smallest absolute Gasteiger partial charge is 0.303 e. The number of carboxylic acid groups (broad SMARTS) is 1. The lowest BCUT2D eigenvalue weighted by atomic mass is 10.0. The highest BCUT2D eigenvalue weighted by Gasteiger charge is 2.18. The average molecular weight is 480 g/mol. The van der Waals surface area contributed by atoms with E-state index in [1.54, 1.807) is 24.3 Å². The number of carboxylic acids is 1. The van der Waals surface area contributed by atoms with Crippen LogP contribution in [0.2, 0.25) is 10.0 Å². The molecular weight excluding hydrogens is 457 g/mol.